The largest absolute Gasteiger partial charge is 0.508 e. The van der Waals surface area contributed by atoms with Gasteiger partial charge in [-0.05, 0) is 37.1 Å². The van der Waals surface area contributed by atoms with E-state index in [2.05, 4.69) is 15.1 Å². The number of hydrogen-bond acceptors (Lipinski definition) is 4. The standard InChI is InChI=1S/C21H18N4O2/c1-12-20-17(10-13(11-19(20)27)14-6-2-5-9-18(14)26)25(24-12)21-22-15-7-3-4-8-16(15)23-21/h2-9,13,26H,10-11H2,1H3,(H,22,23)/t13-/m1/s1. The average Bonchev–Trinajstić information content (AvgIpc) is 3.23. The molecule has 2 aromatic heterocycles. The fourth-order valence-electron chi connectivity index (χ4n) is 4.03. The zero-order chi connectivity index (χ0) is 18.5. The number of phenolic OH excluding ortho intramolecular Hbond substituents is 1. The van der Waals surface area contributed by atoms with Gasteiger partial charge in [-0.15, -0.1) is 0 Å². The number of fused-ring (bicyclic) bond motifs is 2. The number of aromatic hydroxyl groups is 1. The molecule has 1 aliphatic rings. The van der Waals surface area contributed by atoms with Crippen LogP contribution in [0.5, 0.6) is 5.75 Å². The minimum absolute atomic E-state index is 0.0596. The van der Waals surface area contributed by atoms with Gasteiger partial charge in [0.2, 0.25) is 5.95 Å². The zero-order valence-corrected chi connectivity index (χ0v) is 14.8. The van der Waals surface area contributed by atoms with Crippen LogP contribution in [0.2, 0.25) is 0 Å². The molecule has 1 atom stereocenters. The van der Waals surface area contributed by atoms with Gasteiger partial charge in [0, 0.05) is 12.3 Å². The van der Waals surface area contributed by atoms with Crippen molar-refractivity contribution in [2.75, 3.05) is 0 Å². The predicted molar refractivity (Wildman–Crippen MR) is 101 cm³/mol. The van der Waals surface area contributed by atoms with Crippen molar-refractivity contribution in [3.8, 4) is 11.7 Å². The van der Waals surface area contributed by atoms with E-state index in [1.807, 2.05) is 43.3 Å². The first kappa shape index (κ1) is 15.8. The highest BCUT2D eigenvalue weighted by Crippen LogP contribution is 2.38. The Balaban J connectivity index is 1.64. The van der Waals surface area contributed by atoms with Crippen LogP contribution in [0.15, 0.2) is 48.5 Å². The van der Waals surface area contributed by atoms with E-state index < -0.39 is 0 Å². The lowest BCUT2D eigenvalue weighted by Crippen LogP contribution is -2.21. The summed E-state index contributed by atoms with van der Waals surface area (Å²) in [5.74, 6) is 0.811. The quantitative estimate of drug-likeness (QED) is 0.573. The molecule has 0 unspecified atom stereocenters. The summed E-state index contributed by atoms with van der Waals surface area (Å²) in [4.78, 5) is 20.8. The van der Waals surface area contributed by atoms with Gasteiger partial charge in [0.25, 0.3) is 0 Å². The van der Waals surface area contributed by atoms with Gasteiger partial charge < -0.3 is 10.1 Å². The number of aryl methyl sites for hydroxylation is 1. The van der Waals surface area contributed by atoms with Crippen molar-refractivity contribution in [1.29, 1.82) is 0 Å². The predicted octanol–water partition coefficient (Wildman–Crippen LogP) is 3.68. The molecular formula is C21H18N4O2. The molecule has 0 saturated carbocycles. The second-order valence-electron chi connectivity index (χ2n) is 6.98. The molecule has 0 bridgehead atoms. The molecule has 0 spiro atoms. The molecule has 0 fully saturated rings. The van der Waals surface area contributed by atoms with Gasteiger partial charge in [-0.2, -0.15) is 5.10 Å². The van der Waals surface area contributed by atoms with E-state index in [-0.39, 0.29) is 17.5 Å². The van der Waals surface area contributed by atoms with Crippen LogP contribution in [-0.2, 0) is 6.42 Å². The molecule has 6 heteroatoms. The lowest BCUT2D eigenvalue weighted by molar-refractivity contribution is 0.0963. The molecule has 2 aromatic carbocycles. The molecule has 0 aliphatic heterocycles. The fourth-order valence-corrected chi connectivity index (χ4v) is 4.03. The number of phenols is 1. The Morgan fingerprint density at radius 3 is 2.70 bits per heavy atom. The second-order valence-corrected chi connectivity index (χ2v) is 6.98. The number of ketones is 1. The SMILES string of the molecule is Cc1nn(-c2nc3ccccc3[nH]2)c2c1C(=O)C[C@H](c1ccccc1O)C2. The third-order valence-corrected chi connectivity index (χ3v) is 5.26. The van der Waals surface area contributed by atoms with Crippen molar-refractivity contribution in [3.05, 3.63) is 71.0 Å². The topological polar surface area (TPSA) is 83.8 Å². The summed E-state index contributed by atoms with van der Waals surface area (Å²) in [5, 5.41) is 14.8. The third-order valence-electron chi connectivity index (χ3n) is 5.26. The lowest BCUT2D eigenvalue weighted by atomic mass is 9.81. The number of H-pyrrole nitrogens is 1. The molecule has 0 amide bonds. The fraction of sp³-hybridized carbons (Fsp3) is 0.190. The van der Waals surface area contributed by atoms with Crippen LogP contribution in [0, 0.1) is 6.92 Å². The molecule has 5 rings (SSSR count). The Bertz CT molecular complexity index is 1160. The normalized spacial score (nSPS) is 16.6. The minimum atomic E-state index is -0.0783. The smallest absolute Gasteiger partial charge is 0.229 e. The number of nitrogens with one attached hydrogen (secondary N) is 1. The molecular weight excluding hydrogens is 340 g/mol. The van der Waals surface area contributed by atoms with Crippen LogP contribution in [0.1, 0.15) is 39.6 Å². The number of nitrogens with zero attached hydrogens (tertiary/aromatic N) is 3. The van der Waals surface area contributed by atoms with Crippen LogP contribution in [-0.4, -0.2) is 30.6 Å². The molecule has 0 saturated heterocycles. The van der Waals surface area contributed by atoms with Crippen molar-refractivity contribution in [2.45, 2.75) is 25.7 Å². The van der Waals surface area contributed by atoms with Crippen LogP contribution < -0.4 is 0 Å². The van der Waals surface area contributed by atoms with E-state index in [9.17, 15) is 9.90 Å². The maximum atomic E-state index is 12.9. The Morgan fingerprint density at radius 1 is 1.11 bits per heavy atom. The lowest BCUT2D eigenvalue weighted by Gasteiger charge is -2.23. The second kappa shape index (κ2) is 5.81. The Labute approximate surface area is 155 Å². The average molecular weight is 358 g/mol. The van der Waals surface area contributed by atoms with Crippen molar-refractivity contribution in [1.82, 2.24) is 19.7 Å². The van der Waals surface area contributed by atoms with E-state index in [1.165, 1.54) is 0 Å². The van der Waals surface area contributed by atoms with Crippen LogP contribution in [0.4, 0.5) is 0 Å². The Kier molecular flexibility index (Phi) is 3.40. The first-order valence-electron chi connectivity index (χ1n) is 8.96. The first-order chi connectivity index (χ1) is 13.1. The number of carbonyl (C=O) groups excluding carboxylic acids is 1. The first-order valence-corrected chi connectivity index (χ1v) is 8.96. The van der Waals surface area contributed by atoms with Gasteiger partial charge in [0.05, 0.1) is 28.0 Å². The molecule has 4 aromatic rings. The molecule has 27 heavy (non-hydrogen) atoms. The van der Waals surface area contributed by atoms with E-state index in [0.29, 0.717) is 30.0 Å². The molecule has 1 aliphatic carbocycles. The van der Waals surface area contributed by atoms with E-state index >= 15 is 0 Å². The summed E-state index contributed by atoms with van der Waals surface area (Å²) in [6.45, 7) is 1.86. The summed E-state index contributed by atoms with van der Waals surface area (Å²) in [6.07, 6.45) is 0.994. The number of aromatic amines is 1. The number of Topliss-reactive ketones (excluding diaryl/α,β-unsaturated/α-hetero) is 1. The highest BCUT2D eigenvalue weighted by atomic mass is 16.3. The number of imidazole rings is 1. The molecule has 2 N–H and O–H groups in total. The summed E-state index contributed by atoms with van der Waals surface area (Å²) in [5.41, 5.74) is 4.82. The van der Waals surface area contributed by atoms with Crippen molar-refractivity contribution < 1.29 is 9.90 Å². The summed E-state index contributed by atoms with van der Waals surface area (Å²) in [6, 6.07) is 15.0. The molecule has 2 heterocycles. The highest BCUT2D eigenvalue weighted by Gasteiger charge is 2.33. The van der Waals surface area contributed by atoms with Crippen LogP contribution in [0.3, 0.4) is 0 Å². The van der Waals surface area contributed by atoms with Crippen molar-refractivity contribution >= 4 is 16.8 Å². The number of hydrogen-bond donors (Lipinski definition) is 2. The summed E-state index contributed by atoms with van der Waals surface area (Å²) >= 11 is 0. The third kappa shape index (κ3) is 2.44. The highest BCUT2D eigenvalue weighted by molar-refractivity contribution is 6.00. The number of benzene rings is 2. The number of carbonyl (C=O) groups is 1. The van der Waals surface area contributed by atoms with Gasteiger partial charge in [0.15, 0.2) is 5.78 Å². The monoisotopic (exact) mass is 358 g/mol. The van der Waals surface area contributed by atoms with Crippen molar-refractivity contribution in [2.24, 2.45) is 0 Å². The van der Waals surface area contributed by atoms with Gasteiger partial charge in [0.1, 0.15) is 5.75 Å². The summed E-state index contributed by atoms with van der Waals surface area (Å²) in [7, 11) is 0. The van der Waals surface area contributed by atoms with E-state index in [4.69, 9.17) is 0 Å². The van der Waals surface area contributed by atoms with E-state index in [1.54, 1.807) is 16.8 Å². The Morgan fingerprint density at radius 2 is 1.89 bits per heavy atom. The Hall–Kier alpha value is -3.41. The number of aromatic nitrogens is 4. The van der Waals surface area contributed by atoms with E-state index in [0.717, 1.165) is 22.3 Å². The molecule has 134 valence electrons. The number of rotatable bonds is 2. The van der Waals surface area contributed by atoms with Gasteiger partial charge in [-0.1, -0.05) is 30.3 Å². The van der Waals surface area contributed by atoms with Crippen LogP contribution in [0.25, 0.3) is 17.0 Å². The molecule has 0 radical (unpaired) electrons. The maximum absolute atomic E-state index is 12.9. The van der Waals surface area contributed by atoms with Gasteiger partial charge in [-0.3, -0.25) is 4.79 Å². The minimum Gasteiger partial charge on any atom is -0.508 e. The van der Waals surface area contributed by atoms with Gasteiger partial charge >= 0.3 is 0 Å². The van der Waals surface area contributed by atoms with Gasteiger partial charge in [-0.25, -0.2) is 9.67 Å². The number of para-hydroxylation sites is 3. The molecule has 6 nitrogen and oxygen atoms in total. The van der Waals surface area contributed by atoms with Crippen molar-refractivity contribution in [3.63, 3.8) is 0 Å². The summed E-state index contributed by atoms with van der Waals surface area (Å²) < 4.78 is 1.74. The maximum Gasteiger partial charge on any atom is 0.229 e. The van der Waals surface area contributed by atoms with Crippen LogP contribution >= 0.6 is 0 Å². The zero-order valence-electron chi connectivity index (χ0n) is 14.8.